The van der Waals surface area contributed by atoms with Gasteiger partial charge >= 0.3 is 12.2 Å². The van der Waals surface area contributed by atoms with Crippen molar-refractivity contribution in [1.29, 1.82) is 0 Å². The van der Waals surface area contributed by atoms with E-state index < -0.39 is 11.7 Å². The van der Waals surface area contributed by atoms with Crippen LogP contribution in [0.25, 0.3) is 22.5 Å². The minimum absolute atomic E-state index is 0.0577. The fraction of sp³-hybridized carbons (Fsp3) is 0.560. The molecular weight excluding hydrogens is 477 g/mol. The first-order valence-electron chi connectivity index (χ1n) is 12.2. The first-order valence-corrected chi connectivity index (χ1v) is 12.2. The Kier molecular flexibility index (Phi) is 8.76. The van der Waals surface area contributed by atoms with E-state index in [4.69, 9.17) is 18.6 Å². The van der Waals surface area contributed by atoms with Crippen LogP contribution in [0.4, 0.5) is 19.2 Å². The Hall–Kier alpha value is -2.76. The summed E-state index contributed by atoms with van der Waals surface area (Å²) in [6.45, 7) is 7.54. The van der Waals surface area contributed by atoms with Crippen molar-refractivity contribution in [2.45, 2.75) is 45.2 Å². The number of halogens is 3. The minimum Gasteiger partial charge on any atom is -0.402 e. The molecule has 0 radical (unpaired) electrons. The standard InChI is InChI=1S/C25H31F3N4O4/c1-3-33-9-10-35-12-11-34-8-4-7-29-24-32-31-23(36-24)21-13-16(2)19-14-18(17-5-6-17)15-20(22(19)30-21)25(26,27)28/h13-15,17H,3-12H2,1-2H3,(H,29,32). The van der Waals surface area contributed by atoms with Crippen LogP contribution in [0, 0.1) is 6.92 Å². The third-order valence-electron chi connectivity index (χ3n) is 5.83. The topological polar surface area (TPSA) is 91.5 Å². The van der Waals surface area contributed by atoms with Gasteiger partial charge in [-0.2, -0.15) is 13.2 Å². The fourth-order valence-electron chi connectivity index (χ4n) is 3.84. The summed E-state index contributed by atoms with van der Waals surface area (Å²) in [7, 11) is 0. The molecular formula is C25H31F3N4O4. The SMILES string of the molecule is CCOCCOCCOCCCNc1nnc(-c2cc(C)c3cc(C4CC4)cc(C(F)(F)F)c3n2)o1. The molecule has 36 heavy (non-hydrogen) atoms. The molecule has 1 fully saturated rings. The van der Waals surface area contributed by atoms with Crippen LogP contribution in [0.1, 0.15) is 48.8 Å². The van der Waals surface area contributed by atoms with Crippen molar-refractivity contribution in [2.75, 3.05) is 51.5 Å². The molecule has 1 aliphatic carbocycles. The van der Waals surface area contributed by atoms with Gasteiger partial charge in [-0.15, -0.1) is 5.10 Å². The highest BCUT2D eigenvalue weighted by molar-refractivity contribution is 5.88. The number of hydrogen-bond donors (Lipinski definition) is 1. The van der Waals surface area contributed by atoms with Gasteiger partial charge in [0.2, 0.25) is 0 Å². The van der Waals surface area contributed by atoms with E-state index in [1.165, 1.54) is 6.07 Å². The number of pyridine rings is 1. The second kappa shape index (κ2) is 12.0. The predicted molar refractivity (Wildman–Crippen MR) is 128 cm³/mol. The third kappa shape index (κ3) is 6.92. The van der Waals surface area contributed by atoms with Crippen LogP contribution < -0.4 is 5.32 Å². The van der Waals surface area contributed by atoms with E-state index in [9.17, 15) is 13.2 Å². The number of nitrogens with zero attached hydrogens (tertiary/aromatic N) is 3. The number of anilines is 1. The lowest BCUT2D eigenvalue weighted by atomic mass is 9.98. The number of hydrogen-bond acceptors (Lipinski definition) is 8. The maximum Gasteiger partial charge on any atom is 0.418 e. The van der Waals surface area contributed by atoms with Crippen molar-refractivity contribution in [3.8, 4) is 11.6 Å². The molecule has 0 bridgehead atoms. The number of nitrogens with one attached hydrogen (secondary N) is 1. The van der Waals surface area contributed by atoms with E-state index >= 15 is 0 Å². The average Bonchev–Trinajstić information content (AvgIpc) is 3.59. The third-order valence-corrected chi connectivity index (χ3v) is 5.83. The maximum absolute atomic E-state index is 13.9. The summed E-state index contributed by atoms with van der Waals surface area (Å²) in [5.41, 5.74) is 0.764. The molecule has 0 spiro atoms. The van der Waals surface area contributed by atoms with Gasteiger partial charge in [0.05, 0.1) is 37.5 Å². The van der Waals surface area contributed by atoms with E-state index in [1.54, 1.807) is 13.0 Å². The van der Waals surface area contributed by atoms with Gasteiger partial charge in [-0.1, -0.05) is 5.10 Å². The lowest BCUT2D eigenvalue weighted by molar-refractivity contribution is -0.136. The van der Waals surface area contributed by atoms with Gasteiger partial charge in [0.25, 0.3) is 5.89 Å². The molecule has 4 rings (SSSR count). The zero-order valence-corrected chi connectivity index (χ0v) is 20.5. The van der Waals surface area contributed by atoms with E-state index in [-0.39, 0.29) is 29.0 Å². The summed E-state index contributed by atoms with van der Waals surface area (Å²) in [4.78, 5) is 4.28. The van der Waals surface area contributed by atoms with E-state index in [2.05, 4.69) is 20.5 Å². The van der Waals surface area contributed by atoms with E-state index in [1.807, 2.05) is 13.0 Å². The number of fused-ring (bicyclic) bond motifs is 1. The number of aryl methyl sites for hydroxylation is 1. The number of alkyl halides is 3. The molecule has 3 aromatic rings. The molecule has 1 aliphatic rings. The zero-order chi connectivity index (χ0) is 25.5. The number of aromatic nitrogens is 3. The molecule has 0 atom stereocenters. The summed E-state index contributed by atoms with van der Waals surface area (Å²) < 4.78 is 63.2. The quantitative estimate of drug-likeness (QED) is 0.291. The number of benzene rings is 1. The second-order valence-electron chi connectivity index (χ2n) is 8.68. The van der Waals surface area contributed by atoms with Gasteiger partial charge in [0.1, 0.15) is 5.69 Å². The lowest BCUT2D eigenvalue weighted by Crippen LogP contribution is -2.11. The van der Waals surface area contributed by atoms with Crippen LogP contribution in [-0.4, -0.2) is 61.4 Å². The van der Waals surface area contributed by atoms with Crippen molar-refractivity contribution in [2.24, 2.45) is 0 Å². The number of ether oxygens (including phenoxy) is 3. The van der Waals surface area contributed by atoms with Crippen molar-refractivity contribution < 1.29 is 31.8 Å². The van der Waals surface area contributed by atoms with Crippen LogP contribution in [0.15, 0.2) is 22.6 Å². The molecule has 11 heteroatoms. The Morgan fingerprint density at radius 1 is 1.00 bits per heavy atom. The molecule has 1 aromatic carbocycles. The lowest BCUT2D eigenvalue weighted by Gasteiger charge is -2.14. The Morgan fingerprint density at radius 3 is 2.42 bits per heavy atom. The molecule has 8 nitrogen and oxygen atoms in total. The second-order valence-corrected chi connectivity index (χ2v) is 8.68. The molecule has 0 amide bonds. The Balaban J connectivity index is 1.33. The van der Waals surface area contributed by atoms with Crippen molar-refractivity contribution in [3.63, 3.8) is 0 Å². The summed E-state index contributed by atoms with van der Waals surface area (Å²) in [6, 6.07) is 4.90. The van der Waals surface area contributed by atoms with Crippen LogP contribution >= 0.6 is 0 Å². The molecule has 2 aromatic heterocycles. The molecule has 1 saturated carbocycles. The molecule has 0 aliphatic heterocycles. The Morgan fingerprint density at radius 2 is 1.72 bits per heavy atom. The van der Waals surface area contributed by atoms with Crippen molar-refractivity contribution in [3.05, 3.63) is 34.9 Å². The van der Waals surface area contributed by atoms with Crippen LogP contribution in [0.2, 0.25) is 0 Å². The first-order chi connectivity index (χ1) is 17.4. The number of rotatable bonds is 14. The maximum atomic E-state index is 13.9. The predicted octanol–water partition coefficient (Wildman–Crippen LogP) is 5.36. The Bertz CT molecular complexity index is 1150. The highest BCUT2D eigenvalue weighted by Gasteiger charge is 2.36. The fourth-order valence-corrected chi connectivity index (χ4v) is 3.84. The smallest absolute Gasteiger partial charge is 0.402 e. The molecule has 0 unspecified atom stereocenters. The monoisotopic (exact) mass is 508 g/mol. The summed E-state index contributed by atoms with van der Waals surface area (Å²) in [6.07, 6.45) is -1.98. The van der Waals surface area contributed by atoms with Gasteiger partial charge in [-0.05, 0) is 68.4 Å². The van der Waals surface area contributed by atoms with Crippen molar-refractivity contribution in [1.82, 2.24) is 15.2 Å². The van der Waals surface area contributed by atoms with Crippen molar-refractivity contribution >= 4 is 16.9 Å². The van der Waals surface area contributed by atoms with E-state index in [0.717, 1.165) is 18.4 Å². The van der Waals surface area contributed by atoms with Gasteiger partial charge in [0, 0.05) is 25.1 Å². The molecule has 196 valence electrons. The average molecular weight is 509 g/mol. The van der Waals surface area contributed by atoms with Crippen LogP contribution in [0.5, 0.6) is 0 Å². The van der Waals surface area contributed by atoms with Gasteiger partial charge < -0.3 is 23.9 Å². The highest BCUT2D eigenvalue weighted by Crippen LogP contribution is 2.45. The van der Waals surface area contributed by atoms with Crippen LogP contribution in [0.3, 0.4) is 0 Å². The summed E-state index contributed by atoms with van der Waals surface area (Å²) in [5, 5.41) is 11.4. The molecule has 1 N–H and O–H groups in total. The Labute approximate surface area is 207 Å². The van der Waals surface area contributed by atoms with Crippen LogP contribution in [-0.2, 0) is 20.4 Å². The van der Waals surface area contributed by atoms with Gasteiger partial charge in [-0.25, -0.2) is 4.98 Å². The first kappa shape index (κ1) is 26.3. The highest BCUT2D eigenvalue weighted by atomic mass is 19.4. The molecule has 0 saturated heterocycles. The summed E-state index contributed by atoms with van der Waals surface area (Å²) >= 11 is 0. The normalized spacial score (nSPS) is 14.0. The summed E-state index contributed by atoms with van der Waals surface area (Å²) in [5.74, 6) is 0.255. The minimum atomic E-state index is -4.51. The van der Waals surface area contributed by atoms with Gasteiger partial charge in [0.15, 0.2) is 0 Å². The zero-order valence-electron chi connectivity index (χ0n) is 20.5. The van der Waals surface area contributed by atoms with E-state index in [0.29, 0.717) is 63.6 Å². The largest absolute Gasteiger partial charge is 0.418 e. The molecule has 2 heterocycles. The van der Waals surface area contributed by atoms with Gasteiger partial charge in [-0.3, -0.25) is 0 Å².